The van der Waals surface area contributed by atoms with Crippen molar-refractivity contribution in [3.05, 3.63) is 98.9 Å². The topological polar surface area (TPSA) is 65.7 Å². The lowest BCUT2D eigenvalue weighted by Gasteiger charge is -2.22. The van der Waals surface area contributed by atoms with Crippen molar-refractivity contribution in [1.82, 2.24) is 4.90 Å². The number of nitriles is 1. The Hall–Kier alpha value is -3.34. The van der Waals surface area contributed by atoms with E-state index in [1.54, 1.807) is 6.07 Å². The smallest absolute Gasteiger partial charge is 0.267 e. The summed E-state index contributed by atoms with van der Waals surface area (Å²) in [4.78, 5) is 20.8. The van der Waals surface area contributed by atoms with Crippen molar-refractivity contribution in [2.24, 2.45) is 4.99 Å². The standard InChI is InChI=1S/C29H24BrN3O2S/c30-25-16-20(14-15-26(25)35-19-22-9-5-4-8-21(22)18-31)17-27-28(34)33(24-12-6-7-13-24)29(36-27)32-23-10-2-1-3-11-23/h1-5,8-11,14-17,24H,6-7,12-13,19H2. The minimum absolute atomic E-state index is 0.0196. The van der Waals surface area contributed by atoms with E-state index < -0.39 is 0 Å². The van der Waals surface area contributed by atoms with Crippen LogP contribution >= 0.6 is 27.7 Å². The molecule has 0 radical (unpaired) electrons. The van der Waals surface area contributed by atoms with E-state index in [0.717, 1.165) is 52.1 Å². The van der Waals surface area contributed by atoms with Gasteiger partial charge in [-0.15, -0.1) is 0 Å². The summed E-state index contributed by atoms with van der Waals surface area (Å²) in [6.45, 7) is 0.298. The number of amidine groups is 1. The molecule has 0 atom stereocenters. The number of para-hydroxylation sites is 1. The Morgan fingerprint density at radius 1 is 1.08 bits per heavy atom. The van der Waals surface area contributed by atoms with Crippen molar-refractivity contribution >= 4 is 50.5 Å². The Morgan fingerprint density at radius 3 is 2.58 bits per heavy atom. The maximum absolute atomic E-state index is 13.5. The summed E-state index contributed by atoms with van der Waals surface area (Å²) in [5.41, 5.74) is 3.18. The molecule has 1 amide bonds. The van der Waals surface area contributed by atoms with E-state index in [9.17, 15) is 10.1 Å². The number of carbonyl (C=O) groups is 1. The predicted molar refractivity (Wildman–Crippen MR) is 148 cm³/mol. The van der Waals surface area contributed by atoms with Crippen LogP contribution in [0, 0.1) is 11.3 Å². The zero-order valence-corrected chi connectivity index (χ0v) is 22.0. The summed E-state index contributed by atoms with van der Waals surface area (Å²) in [6.07, 6.45) is 6.23. The van der Waals surface area contributed by atoms with E-state index in [1.165, 1.54) is 11.8 Å². The fourth-order valence-electron chi connectivity index (χ4n) is 4.45. The fraction of sp³-hybridized carbons (Fsp3) is 0.207. The zero-order chi connectivity index (χ0) is 24.9. The first-order chi connectivity index (χ1) is 17.6. The van der Waals surface area contributed by atoms with E-state index in [-0.39, 0.29) is 11.9 Å². The Labute approximate surface area is 223 Å². The lowest BCUT2D eigenvalue weighted by molar-refractivity contribution is -0.123. The molecular formula is C29H24BrN3O2S. The van der Waals surface area contributed by atoms with E-state index >= 15 is 0 Å². The zero-order valence-electron chi connectivity index (χ0n) is 19.6. The first kappa shape index (κ1) is 24.4. The van der Waals surface area contributed by atoms with Crippen LogP contribution in [0.15, 0.2) is 87.2 Å². The second-order valence-electron chi connectivity index (χ2n) is 8.70. The van der Waals surface area contributed by atoms with Crippen molar-refractivity contribution in [1.29, 1.82) is 5.26 Å². The highest BCUT2D eigenvalue weighted by Crippen LogP contribution is 2.39. The van der Waals surface area contributed by atoms with Gasteiger partial charge in [0.25, 0.3) is 5.91 Å². The summed E-state index contributed by atoms with van der Waals surface area (Å²) >= 11 is 5.03. The molecule has 0 aromatic heterocycles. The average Bonchev–Trinajstić information content (AvgIpc) is 3.52. The number of hydrogen-bond donors (Lipinski definition) is 0. The predicted octanol–water partition coefficient (Wildman–Crippen LogP) is 7.45. The van der Waals surface area contributed by atoms with Gasteiger partial charge in [-0.25, -0.2) is 4.99 Å². The van der Waals surface area contributed by atoms with Crippen LogP contribution < -0.4 is 4.74 Å². The van der Waals surface area contributed by atoms with Crippen LogP contribution in [-0.2, 0) is 11.4 Å². The van der Waals surface area contributed by atoms with Gasteiger partial charge in [-0.3, -0.25) is 9.69 Å². The largest absolute Gasteiger partial charge is 0.488 e. The number of ether oxygens (including phenoxy) is 1. The minimum atomic E-state index is 0.0196. The van der Waals surface area contributed by atoms with E-state index in [1.807, 2.05) is 77.7 Å². The van der Waals surface area contributed by atoms with E-state index in [2.05, 4.69) is 22.0 Å². The molecule has 2 fully saturated rings. The van der Waals surface area contributed by atoms with Gasteiger partial charge in [0, 0.05) is 11.6 Å². The normalized spacial score (nSPS) is 18.2. The number of carbonyl (C=O) groups excluding carboxylic acids is 1. The number of amides is 1. The van der Waals surface area contributed by atoms with Gasteiger partial charge < -0.3 is 4.74 Å². The maximum Gasteiger partial charge on any atom is 0.267 e. The van der Waals surface area contributed by atoms with Crippen LogP contribution in [0.2, 0.25) is 0 Å². The molecule has 180 valence electrons. The number of halogens is 1. The Morgan fingerprint density at radius 2 is 1.83 bits per heavy atom. The number of rotatable bonds is 6. The second-order valence-corrected chi connectivity index (χ2v) is 10.6. The van der Waals surface area contributed by atoms with Gasteiger partial charge in [-0.2, -0.15) is 5.26 Å². The Balaban J connectivity index is 1.37. The van der Waals surface area contributed by atoms with Gasteiger partial charge in [0.1, 0.15) is 12.4 Å². The van der Waals surface area contributed by atoms with Crippen LogP contribution in [-0.4, -0.2) is 22.0 Å². The quantitative estimate of drug-likeness (QED) is 0.295. The highest BCUT2D eigenvalue weighted by Gasteiger charge is 2.39. The third-order valence-corrected chi connectivity index (χ3v) is 7.89. The van der Waals surface area contributed by atoms with Crippen LogP contribution in [0.25, 0.3) is 6.08 Å². The van der Waals surface area contributed by atoms with Gasteiger partial charge in [0.15, 0.2) is 5.17 Å². The van der Waals surface area contributed by atoms with E-state index in [4.69, 9.17) is 9.73 Å². The maximum atomic E-state index is 13.5. The number of nitrogens with zero attached hydrogens (tertiary/aromatic N) is 3. The molecule has 1 aliphatic heterocycles. The van der Waals surface area contributed by atoms with Gasteiger partial charge in [0.2, 0.25) is 0 Å². The Bertz CT molecular complexity index is 1370. The molecule has 5 rings (SSSR count). The summed E-state index contributed by atoms with van der Waals surface area (Å²) in [6, 6.07) is 25.3. The molecule has 0 unspecified atom stereocenters. The molecule has 3 aromatic rings. The summed E-state index contributed by atoms with van der Waals surface area (Å²) < 4.78 is 6.75. The average molecular weight is 559 g/mol. The van der Waals surface area contributed by atoms with Crippen molar-refractivity contribution < 1.29 is 9.53 Å². The third kappa shape index (κ3) is 5.40. The summed E-state index contributed by atoms with van der Waals surface area (Å²) in [5.74, 6) is 0.695. The van der Waals surface area contributed by atoms with Gasteiger partial charge in [-0.1, -0.05) is 55.3 Å². The number of hydrogen-bond acceptors (Lipinski definition) is 5. The molecule has 1 saturated heterocycles. The van der Waals surface area contributed by atoms with Gasteiger partial charge in [0.05, 0.1) is 26.7 Å². The third-order valence-electron chi connectivity index (χ3n) is 6.28. The number of thioether (sulfide) groups is 1. The van der Waals surface area contributed by atoms with E-state index in [0.29, 0.717) is 22.8 Å². The van der Waals surface area contributed by atoms with Crippen LogP contribution in [0.3, 0.4) is 0 Å². The number of aliphatic imine (C=N–C) groups is 1. The molecule has 5 nitrogen and oxygen atoms in total. The minimum Gasteiger partial charge on any atom is -0.488 e. The van der Waals surface area contributed by atoms with Crippen molar-refractivity contribution in [3.8, 4) is 11.8 Å². The highest BCUT2D eigenvalue weighted by atomic mass is 79.9. The van der Waals surface area contributed by atoms with Crippen LogP contribution in [0.4, 0.5) is 5.69 Å². The highest BCUT2D eigenvalue weighted by molar-refractivity contribution is 9.10. The molecule has 2 aliphatic rings. The molecule has 36 heavy (non-hydrogen) atoms. The lowest BCUT2D eigenvalue weighted by Crippen LogP contribution is -2.37. The number of benzene rings is 3. The summed E-state index contributed by atoms with van der Waals surface area (Å²) in [5, 5.41) is 10.0. The van der Waals surface area contributed by atoms with Gasteiger partial charge >= 0.3 is 0 Å². The van der Waals surface area contributed by atoms with Crippen LogP contribution in [0.5, 0.6) is 5.75 Å². The molecule has 1 saturated carbocycles. The molecule has 0 bridgehead atoms. The Kier molecular flexibility index (Phi) is 7.55. The molecule has 3 aromatic carbocycles. The molecule has 0 N–H and O–H groups in total. The monoisotopic (exact) mass is 557 g/mol. The van der Waals surface area contributed by atoms with Crippen molar-refractivity contribution in [3.63, 3.8) is 0 Å². The molecular weight excluding hydrogens is 534 g/mol. The van der Waals surface area contributed by atoms with Crippen LogP contribution in [0.1, 0.15) is 42.4 Å². The first-order valence-electron chi connectivity index (χ1n) is 11.9. The van der Waals surface area contributed by atoms with Gasteiger partial charge in [-0.05, 0) is 82.5 Å². The molecule has 1 aliphatic carbocycles. The lowest BCUT2D eigenvalue weighted by atomic mass is 10.1. The van der Waals surface area contributed by atoms with Crippen molar-refractivity contribution in [2.45, 2.75) is 38.3 Å². The molecule has 1 heterocycles. The molecule has 7 heteroatoms. The fourth-order valence-corrected chi connectivity index (χ4v) is 6.02. The van der Waals surface area contributed by atoms with Crippen molar-refractivity contribution in [2.75, 3.05) is 0 Å². The molecule has 0 spiro atoms. The SMILES string of the molecule is N#Cc1ccccc1COc1ccc(C=C2SC(=Nc3ccccc3)N(C3CCCC3)C2=O)cc1Br. The second kappa shape index (κ2) is 11.2. The first-order valence-corrected chi connectivity index (χ1v) is 13.5. The summed E-state index contributed by atoms with van der Waals surface area (Å²) in [7, 11) is 0.